The van der Waals surface area contributed by atoms with E-state index in [1.54, 1.807) is 26.6 Å². The van der Waals surface area contributed by atoms with Gasteiger partial charge in [0.05, 0.1) is 19.8 Å². The van der Waals surface area contributed by atoms with Crippen LogP contribution in [0.3, 0.4) is 0 Å². The lowest BCUT2D eigenvalue weighted by molar-refractivity contribution is -0.122. The first-order valence-corrected chi connectivity index (χ1v) is 7.06. The second-order valence-electron chi connectivity index (χ2n) is 4.80. The molecule has 0 saturated carbocycles. The molecule has 2 rings (SSSR count). The second kappa shape index (κ2) is 8.14. The highest BCUT2D eigenvalue weighted by Crippen LogP contribution is 2.23. The third kappa shape index (κ3) is 4.30. The second-order valence-corrected chi connectivity index (χ2v) is 4.80. The maximum atomic E-state index is 12.1. The molecule has 5 nitrogen and oxygen atoms in total. The monoisotopic (exact) mass is 300 g/mol. The molecule has 5 heteroatoms. The smallest absolute Gasteiger partial charge is 0.223 e. The van der Waals surface area contributed by atoms with Gasteiger partial charge in [0.1, 0.15) is 5.75 Å². The Labute approximate surface area is 130 Å². The first-order chi connectivity index (χ1) is 10.7. The fourth-order valence-electron chi connectivity index (χ4n) is 2.14. The Hall–Kier alpha value is -2.40. The number of pyridine rings is 1. The summed E-state index contributed by atoms with van der Waals surface area (Å²) in [6, 6.07) is 11.2. The van der Waals surface area contributed by atoms with Crippen molar-refractivity contribution in [2.24, 2.45) is 0 Å². The number of nitrogens with one attached hydrogen (secondary N) is 1. The zero-order valence-corrected chi connectivity index (χ0v) is 12.8. The average Bonchev–Trinajstić information content (AvgIpc) is 2.59. The number of carbonyl (C=O) groups is 1. The minimum atomic E-state index is -0.224. The van der Waals surface area contributed by atoms with Crippen LogP contribution in [0.4, 0.5) is 0 Å². The third-order valence-electron chi connectivity index (χ3n) is 3.33. The lowest BCUT2D eigenvalue weighted by Crippen LogP contribution is -2.30. The molecule has 2 aromatic rings. The number of nitrogens with zero attached hydrogens (tertiary/aromatic N) is 1. The Morgan fingerprint density at radius 2 is 1.73 bits per heavy atom. The zero-order valence-electron chi connectivity index (χ0n) is 12.8. The minimum Gasteiger partial charge on any atom is -0.497 e. The zero-order chi connectivity index (χ0) is 15.8. The number of hydrogen-bond acceptors (Lipinski definition) is 4. The number of ether oxygens (including phenoxy) is 2. The summed E-state index contributed by atoms with van der Waals surface area (Å²) in [6.45, 7) is 0.400. The highest BCUT2D eigenvalue weighted by Gasteiger charge is 2.16. The van der Waals surface area contributed by atoms with Gasteiger partial charge >= 0.3 is 0 Å². The number of methoxy groups -OCH3 is 2. The van der Waals surface area contributed by atoms with Gasteiger partial charge in [0, 0.05) is 25.9 Å². The number of hydrogen-bond donors (Lipinski definition) is 1. The summed E-state index contributed by atoms with van der Waals surface area (Å²) < 4.78 is 10.1. The maximum Gasteiger partial charge on any atom is 0.223 e. The summed E-state index contributed by atoms with van der Waals surface area (Å²) >= 11 is 0. The van der Waals surface area contributed by atoms with Crippen molar-refractivity contribution < 1.29 is 14.3 Å². The van der Waals surface area contributed by atoms with Crippen molar-refractivity contribution in [3.8, 4) is 5.75 Å². The molecule has 0 radical (unpaired) electrons. The Bertz CT molecular complexity index is 585. The first-order valence-electron chi connectivity index (χ1n) is 7.06. The molecular weight excluding hydrogens is 280 g/mol. The number of amides is 1. The Balaban J connectivity index is 2.22. The van der Waals surface area contributed by atoms with Crippen LogP contribution in [0.25, 0.3) is 0 Å². The fourth-order valence-corrected chi connectivity index (χ4v) is 2.14. The highest BCUT2D eigenvalue weighted by molar-refractivity contribution is 5.77. The lowest BCUT2D eigenvalue weighted by atomic mass is 9.99. The Morgan fingerprint density at radius 3 is 2.32 bits per heavy atom. The fraction of sp³-hybridized carbons (Fsp3) is 0.294. The summed E-state index contributed by atoms with van der Waals surface area (Å²) in [6.07, 6.45) is 3.76. The quantitative estimate of drug-likeness (QED) is 0.852. The van der Waals surface area contributed by atoms with Crippen LogP contribution in [0.15, 0.2) is 48.8 Å². The normalized spacial score (nSPS) is 11.7. The molecule has 1 heterocycles. The molecule has 1 atom stereocenters. The average molecular weight is 300 g/mol. The summed E-state index contributed by atoms with van der Waals surface area (Å²) in [7, 11) is 3.21. The van der Waals surface area contributed by atoms with Gasteiger partial charge in [-0.3, -0.25) is 9.78 Å². The van der Waals surface area contributed by atoms with E-state index in [0.717, 1.165) is 16.9 Å². The van der Waals surface area contributed by atoms with Gasteiger partial charge in [-0.1, -0.05) is 12.1 Å². The van der Waals surface area contributed by atoms with Crippen molar-refractivity contribution in [2.75, 3.05) is 20.8 Å². The van der Waals surface area contributed by atoms with Crippen molar-refractivity contribution in [1.29, 1.82) is 0 Å². The highest BCUT2D eigenvalue weighted by atomic mass is 16.5. The molecule has 0 fully saturated rings. The first kappa shape index (κ1) is 16.0. The van der Waals surface area contributed by atoms with Crippen LogP contribution in [0.1, 0.15) is 23.6 Å². The molecule has 0 bridgehead atoms. The van der Waals surface area contributed by atoms with Crippen LogP contribution in [0.2, 0.25) is 0 Å². The summed E-state index contributed by atoms with van der Waals surface area (Å²) in [5.74, 6) is 0.724. The van der Waals surface area contributed by atoms with E-state index < -0.39 is 0 Å². The van der Waals surface area contributed by atoms with Crippen molar-refractivity contribution in [1.82, 2.24) is 10.3 Å². The lowest BCUT2D eigenvalue weighted by Gasteiger charge is -2.20. The number of carbonyl (C=O) groups excluding carboxylic acids is 1. The van der Waals surface area contributed by atoms with Crippen LogP contribution in [0, 0.1) is 0 Å². The maximum absolute atomic E-state index is 12.1. The van der Waals surface area contributed by atoms with Crippen LogP contribution in [-0.4, -0.2) is 31.7 Å². The molecule has 1 aromatic heterocycles. The minimum absolute atomic E-state index is 0.0560. The van der Waals surface area contributed by atoms with Crippen molar-refractivity contribution in [2.45, 2.75) is 12.5 Å². The molecule has 0 aliphatic carbocycles. The van der Waals surface area contributed by atoms with Gasteiger partial charge in [-0.2, -0.15) is 0 Å². The topological polar surface area (TPSA) is 60.5 Å². The molecule has 116 valence electrons. The Morgan fingerprint density at radius 1 is 1.09 bits per heavy atom. The summed E-state index contributed by atoms with van der Waals surface area (Å²) in [5.41, 5.74) is 1.96. The van der Waals surface area contributed by atoms with E-state index in [1.807, 2.05) is 36.4 Å². The largest absolute Gasteiger partial charge is 0.497 e. The van der Waals surface area contributed by atoms with Gasteiger partial charge in [-0.15, -0.1) is 0 Å². The van der Waals surface area contributed by atoms with Gasteiger partial charge in [0.15, 0.2) is 0 Å². The van der Waals surface area contributed by atoms with E-state index in [1.165, 1.54) is 0 Å². The van der Waals surface area contributed by atoms with Gasteiger partial charge in [-0.25, -0.2) is 0 Å². The number of benzene rings is 1. The van der Waals surface area contributed by atoms with Crippen LogP contribution < -0.4 is 10.1 Å². The molecule has 1 amide bonds. The molecule has 0 aliphatic rings. The van der Waals surface area contributed by atoms with Crippen LogP contribution in [0.5, 0.6) is 5.75 Å². The van der Waals surface area contributed by atoms with Crippen molar-refractivity contribution >= 4 is 5.91 Å². The molecule has 0 saturated heterocycles. The van der Waals surface area contributed by atoms with Crippen molar-refractivity contribution in [3.05, 3.63) is 59.9 Å². The number of aromatic nitrogens is 1. The van der Waals surface area contributed by atoms with E-state index in [2.05, 4.69) is 10.3 Å². The predicted octanol–water partition coefficient (Wildman–Crippen LogP) is 2.33. The number of rotatable bonds is 7. The van der Waals surface area contributed by atoms with Gasteiger partial charge in [-0.05, 0) is 35.4 Å². The molecule has 1 N–H and O–H groups in total. The Kier molecular flexibility index (Phi) is 5.91. The van der Waals surface area contributed by atoms with Gasteiger partial charge < -0.3 is 14.8 Å². The van der Waals surface area contributed by atoms with Gasteiger partial charge in [0.25, 0.3) is 0 Å². The summed E-state index contributed by atoms with van der Waals surface area (Å²) in [5, 5.41) is 3.03. The van der Waals surface area contributed by atoms with Crippen molar-refractivity contribution in [3.63, 3.8) is 0 Å². The third-order valence-corrected chi connectivity index (χ3v) is 3.33. The molecule has 1 aromatic carbocycles. The van der Waals surface area contributed by atoms with Gasteiger partial charge in [0.2, 0.25) is 5.91 Å². The van der Waals surface area contributed by atoms with E-state index in [9.17, 15) is 4.79 Å². The van der Waals surface area contributed by atoms with Crippen LogP contribution >= 0.6 is 0 Å². The van der Waals surface area contributed by atoms with E-state index in [0.29, 0.717) is 13.0 Å². The van der Waals surface area contributed by atoms with E-state index in [4.69, 9.17) is 9.47 Å². The standard InChI is InChI=1S/C17H20N2O3/c1-21-12-9-16(20)19-17(14-7-10-18-11-8-14)13-3-5-15(22-2)6-4-13/h3-8,10-11,17H,9,12H2,1-2H3,(H,19,20). The SMILES string of the molecule is COCCC(=O)NC(c1ccncc1)c1ccc(OC)cc1. The predicted molar refractivity (Wildman–Crippen MR) is 83.7 cm³/mol. The molecular formula is C17H20N2O3. The van der Waals surface area contributed by atoms with E-state index in [-0.39, 0.29) is 11.9 Å². The van der Waals surface area contributed by atoms with E-state index >= 15 is 0 Å². The molecule has 22 heavy (non-hydrogen) atoms. The molecule has 0 spiro atoms. The molecule has 0 aliphatic heterocycles. The van der Waals surface area contributed by atoms with Crippen LogP contribution in [-0.2, 0) is 9.53 Å². The summed E-state index contributed by atoms with van der Waals surface area (Å²) in [4.78, 5) is 16.1. The molecule has 1 unspecified atom stereocenters.